The Morgan fingerprint density at radius 3 is 2.72 bits per heavy atom. The third-order valence-electron chi connectivity index (χ3n) is 3.31. The zero-order valence-corrected chi connectivity index (χ0v) is 12.1. The molecule has 1 aromatic rings. The van der Waals surface area contributed by atoms with Crippen molar-refractivity contribution in [2.45, 2.75) is 19.5 Å². The summed E-state index contributed by atoms with van der Waals surface area (Å²) in [5.41, 5.74) is 1.23. The van der Waals surface area contributed by atoms with Crippen molar-refractivity contribution < 1.29 is 0 Å². The van der Waals surface area contributed by atoms with Crippen LogP contribution in [-0.2, 0) is 6.54 Å². The molecule has 0 radical (unpaired) electrons. The predicted molar refractivity (Wildman–Crippen MR) is 73.9 cm³/mol. The number of aromatic nitrogens is 1. The average Bonchev–Trinajstić information content (AvgIpc) is 2.39. The molecule has 0 aliphatic carbocycles. The van der Waals surface area contributed by atoms with Crippen molar-refractivity contribution in [2.24, 2.45) is 0 Å². The fourth-order valence-electron chi connectivity index (χ4n) is 2.19. The van der Waals surface area contributed by atoms with Gasteiger partial charge in [-0.2, -0.15) is 5.26 Å². The third kappa shape index (κ3) is 3.52. The van der Waals surface area contributed by atoms with Gasteiger partial charge in [0.2, 0.25) is 0 Å². The lowest BCUT2D eigenvalue weighted by Crippen LogP contribution is -2.48. The van der Waals surface area contributed by atoms with E-state index in [9.17, 15) is 0 Å². The van der Waals surface area contributed by atoms with E-state index in [-0.39, 0.29) is 6.04 Å². The van der Waals surface area contributed by atoms with Crippen LogP contribution >= 0.6 is 15.9 Å². The van der Waals surface area contributed by atoms with Crippen LogP contribution in [0.25, 0.3) is 0 Å². The summed E-state index contributed by atoms with van der Waals surface area (Å²) in [6.07, 6.45) is 3.71. The minimum atomic E-state index is 0.0275. The molecule has 96 valence electrons. The number of rotatable bonds is 3. The van der Waals surface area contributed by atoms with Crippen LogP contribution in [0.15, 0.2) is 22.9 Å². The lowest BCUT2D eigenvalue weighted by atomic mass is 10.2. The Kier molecular flexibility index (Phi) is 4.70. The van der Waals surface area contributed by atoms with Gasteiger partial charge in [0.05, 0.1) is 12.1 Å². The fourth-order valence-corrected chi connectivity index (χ4v) is 2.60. The molecule has 1 aromatic heterocycles. The van der Waals surface area contributed by atoms with Crippen molar-refractivity contribution in [2.75, 3.05) is 26.2 Å². The molecule has 2 rings (SSSR count). The Morgan fingerprint density at radius 2 is 2.11 bits per heavy atom. The van der Waals surface area contributed by atoms with Crippen LogP contribution in [-0.4, -0.2) is 47.0 Å². The molecule has 2 heterocycles. The largest absolute Gasteiger partial charge is 0.296 e. The lowest BCUT2D eigenvalue weighted by molar-refractivity contribution is 0.114. The third-order valence-corrected chi connectivity index (χ3v) is 3.74. The molecule has 1 aliphatic heterocycles. The summed E-state index contributed by atoms with van der Waals surface area (Å²) >= 11 is 3.44. The molecule has 0 saturated carbocycles. The topological polar surface area (TPSA) is 43.2 Å². The maximum Gasteiger partial charge on any atom is 0.0950 e. The second-order valence-corrected chi connectivity index (χ2v) is 5.54. The molecule has 1 saturated heterocycles. The molecule has 1 unspecified atom stereocenters. The van der Waals surface area contributed by atoms with Gasteiger partial charge < -0.3 is 0 Å². The van der Waals surface area contributed by atoms with E-state index in [0.29, 0.717) is 0 Å². The minimum absolute atomic E-state index is 0.0275. The molecule has 0 bridgehead atoms. The first-order valence-electron chi connectivity index (χ1n) is 6.14. The van der Waals surface area contributed by atoms with Crippen molar-refractivity contribution in [3.8, 4) is 6.07 Å². The monoisotopic (exact) mass is 308 g/mol. The van der Waals surface area contributed by atoms with Crippen LogP contribution in [0, 0.1) is 11.3 Å². The Bertz CT molecular complexity index is 435. The molecule has 4 nitrogen and oxygen atoms in total. The zero-order chi connectivity index (χ0) is 13.0. The quantitative estimate of drug-likeness (QED) is 0.855. The smallest absolute Gasteiger partial charge is 0.0950 e. The summed E-state index contributed by atoms with van der Waals surface area (Å²) < 4.78 is 1.02. The maximum absolute atomic E-state index is 8.90. The van der Waals surface area contributed by atoms with Crippen molar-refractivity contribution >= 4 is 15.9 Å². The van der Waals surface area contributed by atoms with Gasteiger partial charge in [0.1, 0.15) is 0 Å². The normalized spacial score (nSPS) is 19.4. The summed E-state index contributed by atoms with van der Waals surface area (Å²) in [7, 11) is 0. The Morgan fingerprint density at radius 1 is 1.39 bits per heavy atom. The summed E-state index contributed by atoms with van der Waals surface area (Å²) in [6.45, 7) is 6.86. The second kappa shape index (κ2) is 6.28. The van der Waals surface area contributed by atoms with Crippen LogP contribution in [0.2, 0.25) is 0 Å². The van der Waals surface area contributed by atoms with Crippen molar-refractivity contribution in [3.63, 3.8) is 0 Å². The standard InChI is InChI=1S/C13H17BrN4/c1-11(7-15)18-4-2-17(3-5-18)10-12-6-13(14)9-16-8-12/h6,8-9,11H,2-5,10H2,1H3. The highest BCUT2D eigenvalue weighted by Crippen LogP contribution is 2.13. The predicted octanol–water partition coefficient (Wildman–Crippen LogP) is 1.87. The van der Waals surface area contributed by atoms with Gasteiger partial charge in [0, 0.05) is 49.6 Å². The van der Waals surface area contributed by atoms with Crippen LogP contribution in [0.4, 0.5) is 0 Å². The number of hydrogen-bond donors (Lipinski definition) is 0. The van der Waals surface area contributed by atoms with E-state index in [1.807, 2.05) is 13.1 Å². The van der Waals surface area contributed by atoms with Gasteiger partial charge in [-0.15, -0.1) is 0 Å². The highest BCUT2D eigenvalue weighted by molar-refractivity contribution is 9.10. The molecule has 18 heavy (non-hydrogen) atoms. The first-order chi connectivity index (χ1) is 8.69. The molecule has 0 aromatic carbocycles. The van der Waals surface area contributed by atoms with Gasteiger partial charge >= 0.3 is 0 Å². The number of nitrogens with zero attached hydrogens (tertiary/aromatic N) is 4. The minimum Gasteiger partial charge on any atom is -0.296 e. The summed E-state index contributed by atoms with van der Waals surface area (Å²) in [6, 6.07) is 4.43. The molecule has 1 aliphatic rings. The number of pyridine rings is 1. The van der Waals surface area contributed by atoms with Crippen LogP contribution in [0.1, 0.15) is 12.5 Å². The van der Waals surface area contributed by atoms with Crippen molar-refractivity contribution in [1.82, 2.24) is 14.8 Å². The molecular formula is C13H17BrN4. The van der Waals surface area contributed by atoms with Gasteiger partial charge in [-0.1, -0.05) is 0 Å². The number of hydrogen-bond acceptors (Lipinski definition) is 4. The van der Waals surface area contributed by atoms with Crippen LogP contribution in [0.5, 0.6) is 0 Å². The summed E-state index contributed by atoms with van der Waals surface area (Å²) in [5.74, 6) is 0. The Balaban J connectivity index is 1.86. The molecule has 5 heteroatoms. The molecule has 1 atom stereocenters. The average molecular weight is 309 g/mol. The van der Waals surface area contributed by atoms with E-state index < -0.39 is 0 Å². The maximum atomic E-state index is 8.90. The van der Waals surface area contributed by atoms with Gasteiger partial charge in [0.25, 0.3) is 0 Å². The van der Waals surface area contributed by atoms with Gasteiger partial charge in [0.15, 0.2) is 0 Å². The fraction of sp³-hybridized carbons (Fsp3) is 0.538. The van der Waals surface area contributed by atoms with E-state index in [1.165, 1.54) is 5.56 Å². The molecule has 0 spiro atoms. The SMILES string of the molecule is CC(C#N)N1CCN(Cc2cncc(Br)c2)CC1. The number of piperazine rings is 1. The number of halogens is 1. The summed E-state index contributed by atoms with van der Waals surface area (Å²) in [4.78, 5) is 8.82. The molecule has 1 fully saturated rings. The van der Waals surface area contributed by atoms with E-state index in [4.69, 9.17) is 5.26 Å². The first-order valence-corrected chi connectivity index (χ1v) is 6.94. The highest BCUT2D eigenvalue weighted by atomic mass is 79.9. The first kappa shape index (κ1) is 13.5. The number of nitriles is 1. The Labute approximate surface area is 116 Å². The van der Waals surface area contributed by atoms with E-state index in [1.54, 1.807) is 6.20 Å². The van der Waals surface area contributed by atoms with Gasteiger partial charge in [-0.3, -0.25) is 14.8 Å². The van der Waals surface area contributed by atoms with Crippen LogP contribution in [0.3, 0.4) is 0 Å². The Hall–Kier alpha value is -0.960. The van der Waals surface area contributed by atoms with E-state index in [0.717, 1.165) is 37.2 Å². The van der Waals surface area contributed by atoms with Gasteiger partial charge in [-0.05, 0) is 34.5 Å². The summed E-state index contributed by atoms with van der Waals surface area (Å²) in [5, 5.41) is 8.90. The molecular weight excluding hydrogens is 292 g/mol. The highest BCUT2D eigenvalue weighted by Gasteiger charge is 2.20. The second-order valence-electron chi connectivity index (χ2n) is 4.63. The van der Waals surface area contributed by atoms with Crippen molar-refractivity contribution in [3.05, 3.63) is 28.5 Å². The van der Waals surface area contributed by atoms with Crippen molar-refractivity contribution in [1.29, 1.82) is 5.26 Å². The van der Waals surface area contributed by atoms with Crippen LogP contribution < -0.4 is 0 Å². The molecule has 0 N–H and O–H groups in total. The van der Waals surface area contributed by atoms with E-state index in [2.05, 4.69) is 42.8 Å². The molecule has 0 amide bonds. The lowest BCUT2D eigenvalue weighted by Gasteiger charge is -2.35. The van der Waals surface area contributed by atoms with E-state index >= 15 is 0 Å². The van der Waals surface area contributed by atoms with Gasteiger partial charge in [-0.25, -0.2) is 0 Å². The zero-order valence-electron chi connectivity index (χ0n) is 10.5.